The van der Waals surface area contributed by atoms with Gasteiger partial charge in [-0.05, 0) is 13.0 Å². The molecule has 130 valence electrons. The number of nitrogens with one attached hydrogen (secondary N) is 2. The largest absolute Gasteiger partial charge is 0.388 e. The van der Waals surface area contributed by atoms with Gasteiger partial charge in [0.1, 0.15) is 5.15 Å². The molecule has 3 N–H and O–H groups in total. The third kappa shape index (κ3) is 5.01. The number of ether oxygens (including phenoxy) is 1. The van der Waals surface area contributed by atoms with Crippen molar-refractivity contribution >= 4 is 29.2 Å². The summed E-state index contributed by atoms with van der Waals surface area (Å²) in [7, 11) is 1.85. The maximum Gasteiger partial charge on any atom is 0.191 e. The van der Waals surface area contributed by atoms with E-state index in [2.05, 4.69) is 15.6 Å². The molecule has 0 saturated carbocycles. The average molecular weight is 363 g/mol. The third-order valence-corrected chi connectivity index (χ3v) is 4.81. The molecule has 1 aromatic heterocycles. The van der Waals surface area contributed by atoms with Crippen molar-refractivity contribution in [1.82, 2.24) is 15.2 Å². The Morgan fingerprint density at radius 3 is 2.65 bits per heavy atom. The Hall–Kier alpha value is -0.950. The summed E-state index contributed by atoms with van der Waals surface area (Å²) in [5.41, 5.74) is 0.174. The minimum absolute atomic E-state index is 0.441. The zero-order valence-electron chi connectivity index (χ0n) is 13.5. The molecule has 0 radical (unpaired) electrons. The van der Waals surface area contributed by atoms with Crippen molar-refractivity contribution < 1.29 is 9.84 Å². The van der Waals surface area contributed by atoms with Crippen molar-refractivity contribution in [3.05, 3.63) is 21.9 Å². The van der Waals surface area contributed by atoms with Gasteiger partial charge in [0.15, 0.2) is 5.96 Å². The van der Waals surface area contributed by atoms with Crippen LogP contribution in [0.3, 0.4) is 0 Å². The fourth-order valence-corrected chi connectivity index (χ4v) is 2.83. The van der Waals surface area contributed by atoms with Crippen LogP contribution in [0.2, 0.25) is 10.2 Å². The van der Waals surface area contributed by atoms with Crippen LogP contribution >= 0.6 is 23.2 Å². The number of nitrogens with zero attached hydrogens (tertiary/aromatic N) is 2. The first-order chi connectivity index (χ1) is 10.9. The quantitative estimate of drug-likeness (QED) is 0.552. The Balaban J connectivity index is 1.98. The molecular formula is C15H24Cl2N4O2. The number of rotatable bonds is 5. The molecule has 2 rings (SSSR count). The standard InChI is InChI=1S/C15H24Cl2N4O2/c1-3-18-14(20-10-15(22)4-6-23-7-5-15)19-9-11-8-12(16)13(17)21(11)2/h8,22H,3-7,9-10H2,1-2H3,(H2,18,19,20). The summed E-state index contributed by atoms with van der Waals surface area (Å²) in [6.07, 6.45) is 1.25. The van der Waals surface area contributed by atoms with Crippen LogP contribution in [-0.2, 0) is 18.3 Å². The van der Waals surface area contributed by atoms with Crippen molar-refractivity contribution in [2.24, 2.45) is 12.0 Å². The van der Waals surface area contributed by atoms with E-state index in [1.807, 2.05) is 24.6 Å². The van der Waals surface area contributed by atoms with Crippen molar-refractivity contribution in [1.29, 1.82) is 0 Å². The Bertz CT molecular complexity index is 554. The van der Waals surface area contributed by atoms with Crippen molar-refractivity contribution in [2.45, 2.75) is 31.9 Å². The first-order valence-electron chi connectivity index (χ1n) is 7.77. The highest BCUT2D eigenvalue weighted by Gasteiger charge is 2.29. The van der Waals surface area contributed by atoms with E-state index in [0.717, 1.165) is 12.2 Å². The predicted octanol–water partition coefficient (Wildman–Crippen LogP) is 1.93. The number of hydrogen-bond donors (Lipinski definition) is 3. The van der Waals surface area contributed by atoms with Gasteiger partial charge in [0.2, 0.25) is 0 Å². The molecule has 1 aliphatic rings. The van der Waals surface area contributed by atoms with Gasteiger partial charge in [-0.2, -0.15) is 0 Å². The predicted molar refractivity (Wildman–Crippen MR) is 93.3 cm³/mol. The molecule has 8 heteroatoms. The van der Waals surface area contributed by atoms with Crippen LogP contribution in [-0.4, -0.2) is 47.5 Å². The van der Waals surface area contributed by atoms with Crippen LogP contribution in [0.25, 0.3) is 0 Å². The monoisotopic (exact) mass is 362 g/mol. The number of aromatic nitrogens is 1. The fraction of sp³-hybridized carbons (Fsp3) is 0.667. The van der Waals surface area contributed by atoms with Crippen LogP contribution in [0.1, 0.15) is 25.5 Å². The fourth-order valence-electron chi connectivity index (χ4n) is 2.42. The highest BCUT2D eigenvalue weighted by molar-refractivity contribution is 6.41. The Morgan fingerprint density at radius 1 is 1.39 bits per heavy atom. The molecule has 1 aliphatic heterocycles. The highest BCUT2D eigenvalue weighted by atomic mass is 35.5. The highest BCUT2D eigenvalue weighted by Crippen LogP contribution is 2.25. The third-order valence-electron chi connectivity index (χ3n) is 3.97. The van der Waals surface area contributed by atoms with Gasteiger partial charge in [0.05, 0.1) is 17.2 Å². The molecule has 1 fully saturated rings. The van der Waals surface area contributed by atoms with Crippen molar-refractivity contribution in [3.8, 4) is 0 Å². The lowest BCUT2D eigenvalue weighted by Crippen LogP contribution is -2.49. The van der Waals surface area contributed by atoms with Gasteiger partial charge in [0, 0.05) is 51.9 Å². The summed E-state index contributed by atoms with van der Waals surface area (Å²) in [4.78, 5) is 4.53. The summed E-state index contributed by atoms with van der Waals surface area (Å²) in [5.74, 6) is 0.654. The van der Waals surface area contributed by atoms with E-state index < -0.39 is 5.60 Å². The Kier molecular flexibility index (Phi) is 6.59. The summed E-state index contributed by atoms with van der Waals surface area (Å²) in [6, 6.07) is 1.81. The lowest BCUT2D eigenvalue weighted by Gasteiger charge is -2.32. The van der Waals surface area contributed by atoms with Gasteiger partial charge < -0.3 is 25.0 Å². The van der Waals surface area contributed by atoms with E-state index in [1.165, 1.54) is 0 Å². The first kappa shape index (κ1) is 18.4. The molecular weight excluding hydrogens is 339 g/mol. The maximum atomic E-state index is 10.5. The van der Waals surface area contributed by atoms with Crippen LogP contribution in [0.5, 0.6) is 0 Å². The number of aliphatic hydroxyl groups is 1. The second-order valence-corrected chi connectivity index (χ2v) is 6.48. The van der Waals surface area contributed by atoms with Gasteiger partial charge >= 0.3 is 0 Å². The molecule has 0 aliphatic carbocycles. The maximum absolute atomic E-state index is 10.5. The second kappa shape index (κ2) is 8.24. The number of guanidine groups is 1. The zero-order valence-corrected chi connectivity index (χ0v) is 15.0. The molecule has 2 heterocycles. The minimum atomic E-state index is -0.744. The zero-order chi connectivity index (χ0) is 16.9. The minimum Gasteiger partial charge on any atom is -0.388 e. The molecule has 0 amide bonds. The van der Waals surface area contributed by atoms with Crippen LogP contribution in [0, 0.1) is 0 Å². The summed E-state index contributed by atoms with van der Waals surface area (Å²) >= 11 is 12.1. The molecule has 1 aromatic rings. The average Bonchev–Trinajstić information content (AvgIpc) is 2.78. The lowest BCUT2D eigenvalue weighted by atomic mass is 9.94. The molecule has 0 unspecified atom stereocenters. The molecule has 0 atom stereocenters. The SMILES string of the molecule is CCNC(=NCc1cc(Cl)c(Cl)n1C)NCC1(O)CCOCC1. The molecule has 0 bridgehead atoms. The van der Waals surface area contributed by atoms with Gasteiger partial charge in [0.25, 0.3) is 0 Å². The lowest BCUT2D eigenvalue weighted by molar-refractivity contribution is -0.0594. The van der Waals surface area contributed by atoms with E-state index in [1.54, 1.807) is 0 Å². The van der Waals surface area contributed by atoms with Crippen LogP contribution in [0.4, 0.5) is 0 Å². The molecule has 0 spiro atoms. The summed E-state index contributed by atoms with van der Waals surface area (Å²) in [5, 5.41) is 17.9. The first-order valence-corrected chi connectivity index (χ1v) is 8.52. The summed E-state index contributed by atoms with van der Waals surface area (Å²) in [6.45, 7) is 4.80. The Morgan fingerprint density at radius 2 is 2.09 bits per heavy atom. The van der Waals surface area contributed by atoms with Crippen molar-refractivity contribution in [3.63, 3.8) is 0 Å². The molecule has 1 saturated heterocycles. The van der Waals surface area contributed by atoms with Gasteiger partial charge in [-0.3, -0.25) is 0 Å². The smallest absolute Gasteiger partial charge is 0.191 e. The van der Waals surface area contributed by atoms with Crippen LogP contribution in [0.15, 0.2) is 11.1 Å². The van der Waals surface area contributed by atoms with Gasteiger partial charge in [-0.15, -0.1) is 0 Å². The van der Waals surface area contributed by atoms with E-state index in [9.17, 15) is 5.11 Å². The van der Waals surface area contributed by atoms with Gasteiger partial charge in [-0.1, -0.05) is 23.2 Å². The van der Waals surface area contributed by atoms with Crippen molar-refractivity contribution in [2.75, 3.05) is 26.3 Å². The van der Waals surface area contributed by atoms with Crippen LogP contribution < -0.4 is 10.6 Å². The number of aliphatic imine (C=N–C) groups is 1. The van der Waals surface area contributed by atoms with E-state index >= 15 is 0 Å². The number of hydrogen-bond acceptors (Lipinski definition) is 3. The molecule has 0 aromatic carbocycles. The molecule has 23 heavy (non-hydrogen) atoms. The normalized spacial score (nSPS) is 18.0. The number of halogens is 2. The van der Waals surface area contributed by atoms with E-state index in [0.29, 0.717) is 55.3 Å². The Labute approximate surface area is 146 Å². The van der Waals surface area contributed by atoms with E-state index in [-0.39, 0.29) is 0 Å². The van der Waals surface area contributed by atoms with Gasteiger partial charge in [-0.25, -0.2) is 4.99 Å². The van der Waals surface area contributed by atoms with E-state index in [4.69, 9.17) is 27.9 Å². The summed E-state index contributed by atoms with van der Waals surface area (Å²) < 4.78 is 7.10. The topological polar surface area (TPSA) is 70.8 Å². The molecule has 6 nitrogen and oxygen atoms in total. The second-order valence-electron chi connectivity index (χ2n) is 5.72.